The summed E-state index contributed by atoms with van der Waals surface area (Å²) in [6.45, 7) is 1.48. The highest BCUT2D eigenvalue weighted by Gasteiger charge is 2.17. The summed E-state index contributed by atoms with van der Waals surface area (Å²) in [4.78, 5) is 28.4. The van der Waals surface area contributed by atoms with Gasteiger partial charge in [-0.1, -0.05) is 24.3 Å². The van der Waals surface area contributed by atoms with Gasteiger partial charge in [-0.2, -0.15) is 0 Å². The Morgan fingerprint density at radius 1 is 1.10 bits per heavy atom. The van der Waals surface area contributed by atoms with Crippen molar-refractivity contribution in [3.8, 4) is 5.75 Å². The highest BCUT2D eigenvalue weighted by molar-refractivity contribution is 7.18. The lowest BCUT2D eigenvalue weighted by molar-refractivity contribution is -0.132. The number of nitrogens with one attached hydrogen (secondary N) is 2. The summed E-state index contributed by atoms with van der Waals surface area (Å²) < 4.78 is 20.0. The number of carbonyl (C=O) groups excluding carboxylic acids is 2. The van der Waals surface area contributed by atoms with Crippen LogP contribution in [-0.4, -0.2) is 22.9 Å². The predicted molar refractivity (Wildman–Crippen MR) is 110 cm³/mol. The first-order valence-electron chi connectivity index (χ1n) is 9.37. The maximum absolute atomic E-state index is 13.6. The fourth-order valence-corrected chi connectivity index (χ4v) is 3.68. The van der Waals surface area contributed by atoms with E-state index in [0.717, 1.165) is 28.1 Å². The van der Waals surface area contributed by atoms with E-state index >= 15 is 0 Å². The van der Waals surface area contributed by atoms with Crippen molar-refractivity contribution < 1.29 is 18.7 Å². The van der Waals surface area contributed by atoms with Gasteiger partial charge in [-0.25, -0.2) is 9.37 Å². The van der Waals surface area contributed by atoms with Crippen LogP contribution in [0.15, 0.2) is 48.5 Å². The number of thiazole rings is 1. The zero-order chi connectivity index (χ0) is 20.6. The second-order valence-electron chi connectivity index (χ2n) is 6.51. The third-order valence-electron chi connectivity index (χ3n) is 4.22. The SMILES string of the molecule is CC(Oc1ccccc1F)C(=O)NNC(=O)CCCCc1nc2ccccc2s1. The van der Waals surface area contributed by atoms with Crippen LogP contribution in [0.2, 0.25) is 0 Å². The van der Waals surface area contributed by atoms with E-state index < -0.39 is 17.8 Å². The Hall–Kier alpha value is -3.00. The van der Waals surface area contributed by atoms with E-state index in [4.69, 9.17) is 4.74 Å². The van der Waals surface area contributed by atoms with Crippen LogP contribution in [0.5, 0.6) is 5.75 Å². The third-order valence-corrected chi connectivity index (χ3v) is 5.31. The first-order valence-corrected chi connectivity index (χ1v) is 10.2. The number of amides is 2. The average Bonchev–Trinajstić information content (AvgIpc) is 3.14. The molecule has 3 aromatic rings. The molecule has 0 fully saturated rings. The molecule has 1 unspecified atom stereocenters. The number of halogens is 1. The number of hydrogen-bond donors (Lipinski definition) is 2. The number of hydrogen-bond acceptors (Lipinski definition) is 5. The molecule has 0 aliphatic rings. The number of carbonyl (C=O) groups is 2. The second kappa shape index (κ2) is 9.97. The van der Waals surface area contributed by atoms with E-state index in [9.17, 15) is 14.0 Å². The molecule has 152 valence electrons. The molecule has 8 heteroatoms. The second-order valence-corrected chi connectivity index (χ2v) is 7.63. The molecule has 0 spiro atoms. The largest absolute Gasteiger partial charge is 0.478 e. The Labute approximate surface area is 172 Å². The Balaban J connectivity index is 1.34. The fraction of sp³-hybridized carbons (Fsp3) is 0.286. The molecule has 3 rings (SSSR count). The van der Waals surface area contributed by atoms with Crippen molar-refractivity contribution in [2.45, 2.75) is 38.7 Å². The molecule has 0 bridgehead atoms. The molecule has 0 saturated heterocycles. The molecule has 1 heterocycles. The Bertz CT molecular complexity index is 959. The van der Waals surface area contributed by atoms with E-state index in [0.29, 0.717) is 6.42 Å². The van der Waals surface area contributed by atoms with Crippen LogP contribution in [0.1, 0.15) is 31.2 Å². The zero-order valence-electron chi connectivity index (χ0n) is 16.0. The van der Waals surface area contributed by atoms with Crippen molar-refractivity contribution in [1.82, 2.24) is 15.8 Å². The van der Waals surface area contributed by atoms with Gasteiger partial charge in [0.15, 0.2) is 17.7 Å². The first kappa shape index (κ1) is 20.7. The Kier molecular flexibility index (Phi) is 7.13. The van der Waals surface area contributed by atoms with Crippen LogP contribution >= 0.6 is 11.3 Å². The van der Waals surface area contributed by atoms with E-state index in [2.05, 4.69) is 15.8 Å². The summed E-state index contributed by atoms with van der Waals surface area (Å²) in [6, 6.07) is 13.8. The van der Waals surface area contributed by atoms with Crippen molar-refractivity contribution >= 4 is 33.4 Å². The molecule has 1 aromatic heterocycles. The quantitative estimate of drug-likeness (QED) is 0.434. The monoisotopic (exact) mass is 415 g/mol. The lowest BCUT2D eigenvalue weighted by Crippen LogP contribution is -2.47. The molecular weight excluding hydrogens is 393 g/mol. The molecule has 29 heavy (non-hydrogen) atoms. The maximum atomic E-state index is 13.6. The van der Waals surface area contributed by atoms with E-state index in [1.165, 1.54) is 25.1 Å². The lowest BCUT2D eigenvalue weighted by Gasteiger charge is -2.15. The number of aryl methyl sites for hydroxylation is 1. The standard InChI is InChI=1S/C21H22FN3O3S/c1-14(28-17-10-4-2-8-15(17)22)21(27)25-24-19(26)12-6-7-13-20-23-16-9-3-5-11-18(16)29-20/h2-5,8-11,14H,6-7,12-13H2,1H3,(H,24,26)(H,25,27). The van der Waals surface area contributed by atoms with Gasteiger partial charge in [0.2, 0.25) is 5.91 Å². The molecule has 2 amide bonds. The number of hydrazine groups is 1. The molecular formula is C21H22FN3O3S. The number of para-hydroxylation sites is 2. The number of benzene rings is 2. The molecule has 0 radical (unpaired) electrons. The summed E-state index contributed by atoms with van der Waals surface area (Å²) in [7, 11) is 0. The average molecular weight is 415 g/mol. The minimum Gasteiger partial charge on any atom is -0.478 e. The van der Waals surface area contributed by atoms with Gasteiger partial charge < -0.3 is 4.74 Å². The minimum absolute atomic E-state index is 0.0173. The fourth-order valence-electron chi connectivity index (χ4n) is 2.67. The Morgan fingerprint density at radius 3 is 2.66 bits per heavy atom. The molecule has 2 aromatic carbocycles. The molecule has 0 saturated carbocycles. The highest BCUT2D eigenvalue weighted by Crippen LogP contribution is 2.22. The van der Waals surface area contributed by atoms with Crippen LogP contribution in [0.4, 0.5) is 4.39 Å². The topological polar surface area (TPSA) is 80.3 Å². The van der Waals surface area contributed by atoms with Crippen molar-refractivity contribution in [2.24, 2.45) is 0 Å². The number of aromatic nitrogens is 1. The van der Waals surface area contributed by atoms with E-state index in [1.54, 1.807) is 17.4 Å². The number of rotatable bonds is 8. The summed E-state index contributed by atoms with van der Waals surface area (Å²) in [5.74, 6) is -1.42. The van der Waals surface area contributed by atoms with Crippen molar-refractivity contribution in [2.75, 3.05) is 0 Å². The molecule has 0 aliphatic carbocycles. The van der Waals surface area contributed by atoms with Crippen molar-refractivity contribution in [3.63, 3.8) is 0 Å². The maximum Gasteiger partial charge on any atom is 0.279 e. The summed E-state index contributed by atoms with van der Waals surface area (Å²) in [5.41, 5.74) is 5.66. The van der Waals surface area contributed by atoms with Gasteiger partial charge >= 0.3 is 0 Å². The smallest absolute Gasteiger partial charge is 0.279 e. The normalized spacial score (nSPS) is 11.8. The molecule has 0 aliphatic heterocycles. The van der Waals surface area contributed by atoms with Gasteiger partial charge in [-0.05, 0) is 50.5 Å². The zero-order valence-corrected chi connectivity index (χ0v) is 16.8. The number of nitrogens with zero attached hydrogens (tertiary/aromatic N) is 1. The lowest BCUT2D eigenvalue weighted by atomic mass is 10.2. The van der Waals surface area contributed by atoms with E-state index in [-0.39, 0.29) is 18.1 Å². The highest BCUT2D eigenvalue weighted by atomic mass is 32.1. The minimum atomic E-state index is -0.953. The van der Waals surface area contributed by atoms with Gasteiger partial charge in [-0.15, -0.1) is 11.3 Å². The van der Waals surface area contributed by atoms with Crippen LogP contribution in [0.25, 0.3) is 10.2 Å². The van der Waals surface area contributed by atoms with Gasteiger partial charge in [0.05, 0.1) is 15.2 Å². The van der Waals surface area contributed by atoms with Gasteiger partial charge in [0, 0.05) is 6.42 Å². The van der Waals surface area contributed by atoms with Gasteiger partial charge in [0.1, 0.15) is 0 Å². The van der Waals surface area contributed by atoms with Crippen LogP contribution in [-0.2, 0) is 16.0 Å². The van der Waals surface area contributed by atoms with E-state index in [1.807, 2.05) is 24.3 Å². The summed E-state index contributed by atoms with van der Waals surface area (Å²) in [5, 5.41) is 1.05. The van der Waals surface area contributed by atoms with Crippen molar-refractivity contribution in [1.29, 1.82) is 0 Å². The number of unbranched alkanes of at least 4 members (excludes halogenated alkanes) is 1. The van der Waals surface area contributed by atoms with Crippen LogP contribution in [0, 0.1) is 5.82 Å². The number of ether oxygens (including phenoxy) is 1. The van der Waals surface area contributed by atoms with Crippen molar-refractivity contribution in [3.05, 3.63) is 59.4 Å². The van der Waals surface area contributed by atoms with Crippen LogP contribution in [0.3, 0.4) is 0 Å². The van der Waals surface area contributed by atoms with Gasteiger partial charge in [0.25, 0.3) is 5.91 Å². The third kappa shape index (κ3) is 5.99. The number of fused-ring (bicyclic) bond motifs is 1. The van der Waals surface area contributed by atoms with Crippen LogP contribution < -0.4 is 15.6 Å². The first-order chi connectivity index (χ1) is 14.0. The Morgan fingerprint density at radius 2 is 1.86 bits per heavy atom. The van der Waals surface area contributed by atoms with Gasteiger partial charge in [-0.3, -0.25) is 20.4 Å². The molecule has 6 nitrogen and oxygen atoms in total. The summed E-state index contributed by atoms with van der Waals surface area (Å²) in [6.07, 6.45) is 1.65. The molecule has 1 atom stereocenters. The summed E-state index contributed by atoms with van der Waals surface area (Å²) >= 11 is 1.67. The predicted octanol–water partition coefficient (Wildman–Crippen LogP) is 3.76. The molecule has 2 N–H and O–H groups in total.